The maximum atomic E-state index is 13.0. The average Bonchev–Trinajstić information content (AvgIpc) is 3.23. The van der Waals surface area contributed by atoms with Gasteiger partial charge < -0.3 is 19.3 Å². The number of carbonyl (C=O) groups excluding carboxylic acids is 1. The Morgan fingerprint density at radius 1 is 1.17 bits per heavy atom. The van der Waals surface area contributed by atoms with Gasteiger partial charge in [0.2, 0.25) is 0 Å². The van der Waals surface area contributed by atoms with Gasteiger partial charge in [-0.2, -0.15) is 0 Å². The molecule has 30 heavy (non-hydrogen) atoms. The third-order valence-corrected chi connectivity index (χ3v) is 6.00. The lowest BCUT2D eigenvalue weighted by Gasteiger charge is -2.26. The largest absolute Gasteiger partial charge is 0.484 e. The van der Waals surface area contributed by atoms with E-state index in [0.29, 0.717) is 18.8 Å². The molecule has 1 fully saturated rings. The van der Waals surface area contributed by atoms with Gasteiger partial charge in [0.25, 0.3) is 5.91 Å². The average molecular weight is 431 g/mol. The number of halogens is 1. The summed E-state index contributed by atoms with van der Waals surface area (Å²) in [5, 5.41) is 0.731. The summed E-state index contributed by atoms with van der Waals surface area (Å²) in [6, 6.07) is 12.0. The van der Waals surface area contributed by atoms with Crippen molar-refractivity contribution in [2.45, 2.75) is 39.3 Å². The van der Waals surface area contributed by atoms with Gasteiger partial charge in [0.05, 0.1) is 6.10 Å². The molecule has 2 aromatic rings. The monoisotopic (exact) mass is 430 g/mol. The minimum Gasteiger partial charge on any atom is -0.484 e. The van der Waals surface area contributed by atoms with Gasteiger partial charge in [-0.25, -0.2) is 0 Å². The summed E-state index contributed by atoms with van der Waals surface area (Å²) in [5.41, 5.74) is 4.10. The predicted molar refractivity (Wildman–Crippen MR) is 122 cm³/mol. The highest BCUT2D eigenvalue weighted by Gasteiger charge is 2.23. The van der Waals surface area contributed by atoms with E-state index >= 15 is 0 Å². The van der Waals surface area contributed by atoms with E-state index in [4.69, 9.17) is 21.1 Å². The Bertz CT molecular complexity index is 838. The fraction of sp³-hybridized carbons (Fsp3) is 0.458. The van der Waals surface area contributed by atoms with E-state index in [-0.39, 0.29) is 18.6 Å². The van der Waals surface area contributed by atoms with Crippen LogP contribution < -0.4 is 9.64 Å². The summed E-state index contributed by atoms with van der Waals surface area (Å²) in [6.45, 7) is 5.74. The first-order chi connectivity index (χ1) is 14.3. The zero-order chi connectivity index (χ0) is 21.7. The first-order valence-electron chi connectivity index (χ1n) is 10.4. The third kappa shape index (κ3) is 5.89. The van der Waals surface area contributed by atoms with Gasteiger partial charge in [-0.3, -0.25) is 4.79 Å². The zero-order valence-electron chi connectivity index (χ0n) is 18.3. The number of hydrogen-bond donors (Lipinski definition) is 0. The van der Waals surface area contributed by atoms with Crippen LogP contribution >= 0.6 is 11.6 Å². The van der Waals surface area contributed by atoms with Crippen LogP contribution in [0.25, 0.3) is 0 Å². The fourth-order valence-electron chi connectivity index (χ4n) is 3.63. The smallest absolute Gasteiger partial charge is 0.260 e. The molecule has 1 aliphatic rings. The molecular formula is C24H31ClN2O3. The summed E-state index contributed by atoms with van der Waals surface area (Å²) < 4.78 is 11.6. The van der Waals surface area contributed by atoms with E-state index in [1.54, 1.807) is 0 Å². The molecule has 0 spiro atoms. The molecule has 5 nitrogen and oxygen atoms in total. The first kappa shape index (κ1) is 22.4. The zero-order valence-corrected chi connectivity index (χ0v) is 19.0. The minimum absolute atomic E-state index is 0.0109. The molecule has 0 aliphatic carbocycles. The second-order valence-electron chi connectivity index (χ2n) is 8.13. The Morgan fingerprint density at radius 3 is 2.40 bits per heavy atom. The molecule has 1 atom stereocenters. The summed E-state index contributed by atoms with van der Waals surface area (Å²) in [4.78, 5) is 16.9. The Kier molecular flexibility index (Phi) is 7.62. The number of amides is 1. The number of rotatable bonds is 8. The molecule has 0 bridgehead atoms. The van der Waals surface area contributed by atoms with Crippen LogP contribution in [0.5, 0.6) is 5.75 Å². The number of ether oxygens (including phenoxy) is 2. The Morgan fingerprint density at radius 2 is 1.83 bits per heavy atom. The highest BCUT2D eigenvalue weighted by molar-refractivity contribution is 6.32. The Balaban J connectivity index is 1.68. The number of aryl methyl sites for hydroxylation is 2. The summed E-state index contributed by atoms with van der Waals surface area (Å²) >= 11 is 6.23. The highest BCUT2D eigenvalue weighted by Crippen LogP contribution is 2.26. The lowest BCUT2D eigenvalue weighted by Crippen LogP contribution is -2.39. The molecule has 0 unspecified atom stereocenters. The Labute approximate surface area is 184 Å². The first-order valence-corrected chi connectivity index (χ1v) is 10.8. The van der Waals surface area contributed by atoms with Gasteiger partial charge in [-0.1, -0.05) is 23.7 Å². The van der Waals surface area contributed by atoms with Crippen molar-refractivity contribution in [3.8, 4) is 5.75 Å². The van der Waals surface area contributed by atoms with Crippen molar-refractivity contribution in [3.63, 3.8) is 0 Å². The van der Waals surface area contributed by atoms with Gasteiger partial charge >= 0.3 is 0 Å². The van der Waals surface area contributed by atoms with Gasteiger partial charge in [-0.15, -0.1) is 0 Å². The van der Waals surface area contributed by atoms with E-state index < -0.39 is 0 Å². The molecule has 2 aromatic carbocycles. The summed E-state index contributed by atoms with van der Waals surface area (Å²) in [7, 11) is 4.03. The third-order valence-electron chi connectivity index (χ3n) is 5.40. The van der Waals surface area contributed by atoms with E-state index in [1.807, 2.05) is 45.0 Å². The van der Waals surface area contributed by atoms with E-state index in [1.165, 1.54) is 0 Å². The quantitative estimate of drug-likeness (QED) is 0.613. The number of anilines is 1. The van der Waals surface area contributed by atoms with Crippen LogP contribution in [0.2, 0.25) is 5.02 Å². The second-order valence-corrected chi connectivity index (χ2v) is 8.51. The van der Waals surface area contributed by atoms with Crippen molar-refractivity contribution >= 4 is 23.2 Å². The standard InChI is InChI=1S/C24H31ClN2O3/c1-17-12-22(13-18(2)24(17)25)30-16-23(28)27(15-21-6-5-11-29-21)14-19-7-9-20(10-8-19)26(3)4/h7-10,12-13,21H,5-6,11,14-16H2,1-4H3/t21-/m0/s1. The minimum atomic E-state index is -0.0487. The Hall–Kier alpha value is -2.24. The SMILES string of the molecule is Cc1cc(OCC(=O)N(Cc2ccc(N(C)C)cc2)C[C@@H]2CCCO2)cc(C)c1Cl. The molecule has 0 N–H and O–H groups in total. The van der Waals surface area contributed by atoms with Crippen molar-refractivity contribution in [1.82, 2.24) is 4.90 Å². The van der Waals surface area contributed by atoms with Gasteiger partial charge in [0.15, 0.2) is 6.61 Å². The molecule has 0 aromatic heterocycles. The predicted octanol–water partition coefficient (Wildman–Crippen LogP) is 4.61. The highest BCUT2D eigenvalue weighted by atomic mass is 35.5. The molecule has 3 rings (SSSR count). The van der Waals surface area contributed by atoms with Crippen LogP contribution in [0.1, 0.15) is 29.5 Å². The van der Waals surface area contributed by atoms with Crippen molar-refractivity contribution in [2.24, 2.45) is 0 Å². The van der Waals surface area contributed by atoms with Crippen LogP contribution in [0.15, 0.2) is 36.4 Å². The second kappa shape index (κ2) is 10.2. The van der Waals surface area contributed by atoms with Crippen LogP contribution in [0.4, 0.5) is 5.69 Å². The van der Waals surface area contributed by atoms with Gasteiger partial charge in [0, 0.05) is 44.5 Å². The lowest BCUT2D eigenvalue weighted by atomic mass is 10.1. The topological polar surface area (TPSA) is 42.0 Å². The van der Waals surface area contributed by atoms with Crippen molar-refractivity contribution in [2.75, 3.05) is 38.8 Å². The fourth-order valence-corrected chi connectivity index (χ4v) is 3.74. The van der Waals surface area contributed by atoms with Gasteiger partial charge in [0.1, 0.15) is 5.75 Å². The van der Waals surface area contributed by atoms with E-state index in [2.05, 4.69) is 29.2 Å². The van der Waals surface area contributed by atoms with Crippen LogP contribution in [-0.2, 0) is 16.1 Å². The number of hydrogen-bond acceptors (Lipinski definition) is 4. The van der Waals surface area contributed by atoms with Crippen LogP contribution in [-0.4, -0.2) is 50.8 Å². The molecule has 1 saturated heterocycles. The normalized spacial score (nSPS) is 15.8. The van der Waals surface area contributed by atoms with Crippen molar-refractivity contribution in [1.29, 1.82) is 0 Å². The van der Waals surface area contributed by atoms with Crippen molar-refractivity contribution < 1.29 is 14.3 Å². The maximum absolute atomic E-state index is 13.0. The molecule has 1 aliphatic heterocycles. The molecule has 1 amide bonds. The van der Waals surface area contributed by atoms with Gasteiger partial charge in [-0.05, 0) is 67.6 Å². The summed E-state index contributed by atoms with van der Waals surface area (Å²) in [5.74, 6) is 0.614. The molecule has 162 valence electrons. The summed E-state index contributed by atoms with van der Waals surface area (Å²) in [6.07, 6.45) is 2.12. The number of carbonyl (C=O) groups is 1. The lowest BCUT2D eigenvalue weighted by molar-refractivity contribution is -0.135. The molecule has 0 radical (unpaired) electrons. The molecular weight excluding hydrogens is 400 g/mol. The van der Waals surface area contributed by atoms with E-state index in [0.717, 1.165) is 46.8 Å². The maximum Gasteiger partial charge on any atom is 0.260 e. The number of nitrogens with zero attached hydrogens (tertiary/aromatic N) is 2. The molecule has 1 heterocycles. The number of benzene rings is 2. The molecule has 0 saturated carbocycles. The molecule has 6 heteroatoms. The van der Waals surface area contributed by atoms with Crippen molar-refractivity contribution in [3.05, 3.63) is 58.1 Å². The van der Waals surface area contributed by atoms with Crippen LogP contribution in [0.3, 0.4) is 0 Å². The van der Waals surface area contributed by atoms with E-state index in [9.17, 15) is 4.79 Å². The van der Waals surface area contributed by atoms with Crippen LogP contribution in [0, 0.1) is 13.8 Å².